The Morgan fingerprint density at radius 1 is 1.00 bits per heavy atom. The largest absolute Gasteiger partial charge is 0.418 e. The number of alkyl halides is 6. The van der Waals surface area contributed by atoms with Gasteiger partial charge in [-0.15, -0.1) is 0 Å². The molecule has 3 nitrogen and oxygen atoms in total. The summed E-state index contributed by atoms with van der Waals surface area (Å²) in [5, 5.41) is 0. The summed E-state index contributed by atoms with van der Waals surface area (Å²) in [5.41, 5.74) is 4.16. The molecule has 0 spiro atoms. The summed E-state index contributed by atoms with van der Waals surface area (Å²) < 4.78 is 74.5. The van der Waals surface area contributed by atoms with Crippen LogP contribution in [0.2, 0.25) is 0 Å². The van der Waals surface area contributed by atoms with Crippen molar-refractivity contribution in [3.05, 3.63) is 28.8 Å². The molecule has 1 rings (SSSR count). The minimum Gasteiger partial charge on any atom is -0.398 e. The summed E-state index contributed by atoms with van der Waals surface area (Å²) in [7, 11) is 0. The molecule has 0 saturated carbocycles. The zero-order valence-electron chi connectivity index (χ0n) is 8.49. The fourth-order valence-electron chi connectivity index (χ4n) is 1.26. The number of anilines is 1. The van der Waals surface area contributed by atoms with Gasteiger partial charge >= 0.3 is 12.4 Å². The molecule has 0 aromatic heterocycles. The predicted octanol–water partition coefficient (Wildman–Crippen LogP) is 2.41. The van der Waals surface area contributed by atoms with Crippen molar-refractivity contribution in [2.45, 2.75) is 12.4 Å². The number of carbonyl (C=O) groups is 1. The van der Waals surface area contributed by atoms with Crippen LogP contribution in [-0.4, -0.2) is 5.91 Å². The normalized spacial score (nSPS) is 12.6. The van der Waals surface area contributed by atoms with E-state index in [4.69, 9.17) is 5.73 Å². The van der Waals surface area contributed by atoms with Crippen molar-refractivity contribution in [1.29, 1.82) is 0 Å². The molecule has 0 aliphatic carbocycles. The van der Waals surface area contributed by atoms with Gasteiger partial charge in [0.05, 0.1) is 22.4 Å². The van der Waals surface area contributed by atoms with Gasteiger partial charge < -0.3 is 11.5 Å². The summed E-state index contributed by atoms with van der Waals surface area (Å²) in [4.78, 5) is 10.8. The molecule has 1 amide bonds. The van der Waals surface area contributed by atoms with Gasteiger partial charge in [0.15, 0.2) is 0 Å². The Balaban J connectivity index is 3.63. The molecular weight excluding hydrogens is 266 g/mol. The van der Waals surface area contributed by atoms with E-state index in [9.17, 15) is 31.1 Å². The molecule has 0 heterocycles. The minimum atomic E-state index is -5.12. The molecule has 0 atom stereocenters. The molecule has 0 aliphatic rings. The topological polar surface area (TPSA) is 69.1 Å². The van der Waals surface area contributed by atoms with E-state index < -0.39 is 40.6 Å². The average molecular weight is 272 g/mol. The number of nitrogens with two attached hydrogens (primary N) is 2. The maximum Gasteiger partial charge on any atom is 0.418 e. The van der Waals surface area contributed by atoms with E-state index in [1.807, 2.05) is 0 Å². The fraction of sp³-hybridized carbons (Fsp3) is 0.222. The number of carbonyl (C=O) groups excluding carboxylic acids is 1. The van der Waals surface area contributed by atoms with Gasteiger partial charge in [-0.25, -0.2) is 0 Å². The molecule has 0 aliphatic heterocycles. The number of halogens is 6. The number of hydrogen-bond acceptors (Lipinski definition) is 2. The third-order valence-corrected chi connectivity index (χ3v) is 2.08. The van der Waals surface area contributed by atoms with Crippen LogP contribution in [0.25, 0.3) is 0 Å². The van der Waals surface area contributed by atoms with Gasteiger partial charge in [-0.1, -0.05) is 0 Å². The number of amides is 1. The first kappa shape index (κ1) is 14.1. The van der Waals surface area contributed by atoms with Crippen LogP contribution in [0, 0.1) is 0 Å². The second kappa shape index (κ2) is 4.07. The lowest BCUT2D eigenvalue weighted by atomic mass is 10.0. The summed E-state index contributed by atoms with van der Waals surface area (Å²) >= 11 is 0. The summed E-state index contributed by atoms with van der Waals surface area (Å²) in [6, 6.07) is 0.0225. The number of primary amides is 1. The third kappa shape index (κ3) is 2.66. The van der Waals surface area contributed by atoms with E-state index in [-0.39, 0.29) is 12.1 Å². The van der Waals surface area contributed by atoms with Crippen LogP contribution >= 0.6 is 0 Å². The van der Waals surface area contributed by atoms with Crippen molar-refractivity contribution < 1.29 is 31.1 Å². The van der Waals surface area contributed by atoms with Gasteiger partial charge in [-0.2, -0.15) is 26.3 Å². The second-order valence-corrected chi connectivity index (χ2v) is 3.34. The Kier molecular flexibility index (Phi) is 3.20. The first-order chi connectivity index (χ1) is 7.94. The van der Waals surface area contributed by atoms with Gasteiger partial charge in [0.2, 0.25) is 0 Å². The van der Waals surface area contributed by atoms with Crippen molar-refractivity contribution >= 4 is 11.6 Å². The highest BCUT2D eigenvalue weighted by molar-refractivity contribution is 5.99. The molecule has 1 aromatic rings. The SMILES string of the molecule is NC(=O)c1cc(C(F)(F)F)cc(C(F)(F)F)c1N. The van der Waals surface area contributed by atoms with E-state index >= 15 is 0 Å². The molecule has 4 N–H and O–H groups in total. The van der Waals surface area contributed by atoms with Crippen molar-refractivity contribution in [3.63, 3.8) is 0 Å². The van der Waals surface area contributed by atoms with Crippen molar-refractivity contribution in [2.24, 2.45) is 5.73 Å². The lowest BCUT2D eigenvalue weighted by molar-refractivity contribution is -0.142. The molecule has 0 unspecified atom stereocenters. The first-order valence-corrected chi connectivity index (χ1v) is 4.32. The molecule has 0 fully saturated rings. The molecule has 1 aromatic carbocycles. The van der Waals surface area contributed by atoms with Gasteiger partial charge in [0.25, 0.3) is 5.91 Å². The van der Waals surface area contributed by atoms with E-state index in [0.717, 1.165) is 0 Å². The fourth-order valence-corrected chi connectivity index (χ4v) is 1.26. The molecule has 0 bridgehead atoms. The van der Waals surface area contributed by atoms with Crippen LogP contribution in [0.15, 0.2) is 12.1 Å². The van der Waals surface area contributed by atoms with Crippen LogP contribution in [0.1, 0.15) is 21.5 Å². The summed E-state index contributed by atoms with van der Waals surface area (Å²) in [6.45, 7) is 0. The molecular formula is C9H6F6N2O. The average Bonchev–Trinajstić information content (AvgIpc) is 2.13. The van der Waals surface area contributed by atoms with Crippen LogP contribution in [0.4, 0.5) is 32.0 Å². The standard InChI is InChI=1S/C9H6F6N2O/c10-8(11,12)3-1-4(7(17)18)6(16)5(2-3)9(13,14)15/h1-2H,16H2,(H2,17,18). The molecule has 9 heteroatoms. The predicted molar refractivity (Wildman–Crippen MR) is 49.4 cm³/mol. The Bertz CT molecular complexity index is 491. The molecule has 0 saturated heterocycles. The van der Waals surface area contributed by atoms with E-state index in [1.54, 1.807) is 0 Å². The van der Waals surface area contributed by atoms with Crippen LogP contribution < -0.4 is 11.5 Å². The summed E-state index contributed by atoms with van der Waals surface area (Å²) in [6.07, 6.45) is -10.2. The Morgan fingerprint density at radius 3 is 1.83 bits per heavy atom. The van der Waals surface area contributed by atoms with Gasteiger partial charge in [0, 0.05) is 0 Å². The Hall–Kier alpha value is -1.93. The zero-order chi connectivity index (χ0) is 14.3. The quantitative estimate of drug-likeness (QED) is 0.608. The van der Waals surface area contributed by atoms with Gasteiger partial charge in [-0.05, 0) is 12.1 Å². The smallest absolute Gasteiger partial charge is 0.398 e. The van der Waals surface area contributed by atoms with E-state index in [1.165, 1.54) is 0 Å². The van der Waals surface area contributed by atoms with E-state index in [0.29, 0.717) is 0 Å². The Morgan fingerprint density at radius 2 is 1.50 bits per heavy atom. The van der Waals surface area contributed by atoms with E-state index in [2.05, 4.69) is 5.73 Å². The molecule has 0 radical (unpaired) electrons. The number of hydrogen-bond donors (Lipinski definition) is 2. The summed E-state index contributed by atoms with van der Waals surface area (Å²) in [5.74, 6) is -1.47. The first-order valence-electron chi connectivity index (χ1n) is 4.32. The number of nitrogen functional groups attached to an aromatic ring is 1. The third-order valence-electron chi connectivity index (χ3n) is 2.08. The van der Waals surface area contributed by atoms with Crippen molar-refractivity contribution in [1.82, 2.24) is 0 Å². The van der Waals surface area contributed by atoms with Gasteiger partial charge in [0.1, 0.15) is 0 Å². The lowest BCUT2D eigenvalue weighted by Crippen LogP contribution is -2.20. The highest BCUT2D eigenvalue weighted by Crippen LogP contribution is 2.39. The maximum atomic E-state index is 12.5. The van der Waals surface area contributed by atoms with Crippen molar-refractivity contribution in [3.8, 4) is 0 Å². The molecule has 100 valence electrons. The minimum absolute atomic E-state index is 0.165. The monoisotopic (exact) mass is 272 g/mol. The van der Waals surface area contributed by atoms with Gasteiger partial charge in [-0.3, -0.25) is 4.79 Å². The zero-order valence-corrected chi connectivity index (χ0v) is 8.49. The highest BCUT2D eigenvalue weighted by Gasteiger charge is 2.39. The second-order valence-electron chi connectivity index (χ2n) is 3.34. The van der Waals surface area contributed by atoms with Crippen molar-refractivity contribution in [2.75, 3.05) is 5.73 Å². The van der Waals surface area contributed by atoms with Crippen LogP contribution in [0.5, 0.6) is 0 Å². The Labute approximate surface area is 96.4 Å². The van der Waals surface area contributed by atoms with Crippen LogP contribution in [0.3, 0.4) is 0 Å². The number of benzene rings is 1. The highest BCUT2D eigenvalue weighted by atomic mass is 19.4. The lowest BCUT2D eigenvalue weighted by Gasteiger charge is -2.16. The van der Waals surface area contributed by atoms with Crippen LogP contribution in [-0.2, 0) is 12.4 Å². The maximum absolute atomic E-state index is 12.5. The number of rotatable bonds is 1. The molecule has 18 heavy (non-hydrogen) atoms.